The highest BCUT2D eigenvalue weighted by Gasteiger charge is 2.60. The normalized spacial score (nSPS) is 49.8. The Labute approximate surface area is 173 Å². The minimum atomic E-state index is -0.524. The zero-order valence-electron chi connectivity index (χ0n) is 19.2. The number of aliphatic hydroxyl groups is 2. The van der Waals surface area contributed by atoms with Crippen LogP contribution in [-0.4, -0.2) is 21.9 Å². The summed E-state index contributed by atoms with van der Waals surface area (Å²) in [5.74, 6) is 5.11. The second-order valence-corrected chi connectivity index (χ2v) is 12.6. The number of fused-ring (bicyclic) bond motifs is 5. The molecule has 0 amide bonds. The molecule has 2 nitrogen and oxygen atoms in total. The molecule has 0 aromatic rings. The molecule has 4 saturated carbocycles. The van der Waals surface area contributed by atoms with Crippen molar-refractivity contribution in [3.8, 4) is 0 Å². The van der Waals surface area contributed by atoms with Gasteiger partial charge in [0.05, 0.1) is 11.7 Å². The molecule has 0 heterocycles. The number of aliphatic hydroxyl groups excluding tert-OH is 1. The van der Waals surface area contributed by atoms with Gasteiger partial charge in [-0.25, -0.2) is 0 Å². The van der Waals surface area contributed by atoms with Crippen molar-refractivity contribution >= 4 is 0 Å². The van der Waals surface area contributed by atoms with E-state index in [-0.39, 0.29) is 6.10 Å². The van der Waals surface area contributed by atoms with Crippen LogP contribution in [0.25, 0.3) is 0 Å². The van der Waals surface area contributed by atoms with Crippen LogP contribution in [0.15, 0.2) is 0 Å². The van der Waals surface area contributed by atoms with Gasteiger partial charge in [0.2, 0.25) is 0 Å². The van der Waals surface area contributed by atoms with Gasteiger partial charge in [0.25, 0.3) is 0 Å². The van der Waals surface area contributed by atoms with Gasteiger partial charge in [-0.05, 0) is 131 Å². The van der Waals surface area contributed by atoms with E-state index in [1.54, 1.807) is 0 Å². The smallest absolute Gasteiger partial charge is 0.0591 e. The molecule has 0 unspecified atom stereocenters. The van der Waals surface area contributed by atoms with Crippen molar-refractivity contribution < 1.29 is 10.2 Å². The summed E-state index contributed by atoms with van der Waals surface area (Å²) in [5.41, 5.74) is 0.495. The summed E-state index contributed by atoms with van der Waals surface area (Å²) in [7, 11) is 0. The van der Waals surface area contributed by atoms with E-state index in [9.17, 15) is 10.2 Å². The summed E-state index contributed by atoms with van der Waals surface area (Å²) in [6.45, 7) is 11.6. The van der Waals surface area contributed by atoms with Crippen LogP contribution in [0.3, 0.4) is 0 Å². The van der Waals surface area contributed by atoms with Crippen molar-refractivity contribution in [3.63, 3.8) is 0 Å². The van der Waals surface area contributed by atoms with Gasteiger partial charge in [-0.3, -0.25) is 0 Å². The van der Waals surface area contributed by atoms with Crippen LogP contribution in [0.2, 0.25) is 0 Å². The Hall–Kier alpha value is -0.0800. The van der Waals surface area contributed by atoms with Gasteiger partial charge in [-0.1, -0.05) is 20.8 Å². The van der Waals surface area contributed by atoms with Crippen molar-refractivity contribution in [1.82, 2.24) is 0 Å². The van der Waals surface area contributed by atoms with Crippen LogP contribution in [0, 0.1) is 46.3 Å². The van der Waals surface area contributed by atoms with E-state index >= 15 is 0 Å². The average molecular weight is 391 g/mol. The Morgan fingerprint density at radius 2 is 1.61 bits per heavy atom. The predicted molar refractivity (Wildman–Crippen MR) is 116 cm³/mol. The Kier molecular flexibility index (Phi) is 5.49. The fourth-order valence-electron chi connectivity index (χ4n) is 8.99. The lowest BCUT2D eigenvalue weighted by Gasteiger charge is -2.61. The Morgan fingerprint density at radius 3 is 2.32 bits per heavy atom. The first kappa shape index (κ1) is 21.2. The van der Waals surface area contributed by atoms with Gasteiger partial charge in [0.15, 0.2) is 0 Å². The first-order valence-corrected chi connectivity index (χ1v) is 12.4. The molecule has 0 saturated heterocycles. The fourth-order valence-corrected chi connectivity index (χ4v) is 8.99. The van der Waals surface area contributed by atoms with Crippen LogP contribution >= 0.6 is 0 Å². The molecule has 4 fully saturated rings. The molecule has 9 atom stereocenters. The second-order valence-electron chi connectivity index (χ2n) is 12.6. The van der Waals surface area contributed by atoms with Gasteiger partial charge in [-0.2, -0.15) is 0 Å². The van der Waals surface area contributed by atoms with Crippen LogP contribution in [0.4, 0.5) is 0 Å². The standard InChI is InChI=1S/C26H46O2/c1-17(10-13-24(2,3)28)21-8-9-22-20-7-6-18-16-19(27)11-14-25(18,4)23(20)12-15-26(21,22)5/h17-23,27-28H,6-16H2,1-5H3/t17-,18+,19+,20+,21-,22+,23+,25+,26-/m1/s1. The quantitative estimate of drug-likeness (QED) is 0.600. The van der Waals surface area contributed by atoms with Crippen molar-refractivity contribution in [1.29, 1.82) is 0 Å². The molecule has 2 heteroatoms. The third-order valence-corrected chi connectivity index (χ3v) is 10.6. The van der Waals surface area contributed by atoms with Gasteiger partial charge < -0.3 is 10.2 Å². The van der Waals surface area contributed by atoms with Gasteiger partial charge in [0.1, 0.15) is 0 Å². The lowest BCUT2D eigenvalue weighted by Crippen LogP contribution is -2.54. The maximum atomic E-state index is 10.2. The van der Waals surface area contributed by atoms with Crippen LogP contribution in [0.5, 0.6) is 0 Å². The van der Waals surface area contributed by atoms with E-state index < -0.39 is 5.60 Å². The van der Waals surface area contributed by atoms with Crippen molar-refractivity contribution in [2.45, 2.75) is 117 Å². The number of hydrogen-bond acceptors (Lipinski definition) is 2. The highest BCUT2D eigenvalue weighted by Crippen LogP contribution is 2.68. The summed E-state index contributed by atoms with van der Waals surface area (Å²) < 4.78 is 0. The van der Waals surface area contributed by atoms with E-state index in [0.29, 0.717) is 10.8 Å². The van der Waals surface area contributed by atoms with E-state index in [4.69, 9.17) is 0 Å². The molecular formula is C26H46O2. The number of hydrogen-bond donors (Lipinski definition) is 2. The Bertz CT molecular complexity index is 565. The van der Waals surface area contributed by atoms with E-state index in [0.717, 1.165) is 54.8 Å². The molecule has 0 spiro atoms. The fraction of sp³-hybridized carbons (Fsp3) is 1.00. The maximum absolute atomic E-state index is 10.2. The summed E-state index contributed by atoms with van der Waals surface area (Å²) >= 11 is 0. The van der Waals surface area contributed by atoms with E-state index in [1.807, 2.05) is 13.8 Å². The predicted octanol–water partition coefficient (Wildman–Crippen LogP) is 6.19. The molecule has 4 aliphatic carbocycles. The summed E-state index contributed by atoms with van der Waals surface area (Å²) in [6, 6.07) is 0. The third-order valence-electron chi connectivity index (χ3n) is 10.6. The van der Waals surface area contributed by atoms with Crippen molar-refractivity contribution in [3.05, 3.63) is 0 Å². The summed E-state index contributed by atoms with van der Waals surface area (Å²) in [4.78, 5) is 0. The SMILES string of the molecule is C[C@H](CCC(C)(C)O)[C@H]1CC[C@H]2[C@@H]3CC[C@H]4C[C@@H](O)CC[C@]4(C)[C@H]3CC[C@]12C. The highest BCUT2D eigenvalue weighted by atomic mass is 16.3. The van der Waals surface area contributed by atoms with Crippen LogP contribution in [0.1, 0.15) is 105 Å². The molecule has 0 bridgehead atoms. The van der Waals surface area contributed by atoms with Crippen LogP contribution < -0.4 is 0 Å². The minimum Gasteiger partial charge on any atom is -0.393 e. The lowest BCUT2D eigenvalue weighted by atomic mass is 9.44. The molecular weight excluding hydrogens is 344 g/mol. The average Bonchev–Trinajstić information content (AvgIpc) is 2.97. The molecule has 0 aromatic heterocycles. The summed E-state index contributed by atoms with van der Waals surface area (Å²) in [6.07, 6.45) is 13.9. The Balaban J connectivity index is 1.49. The van der Waals surface area contributed by atoms with Crippen molar-refractivity contribution in [2.75, 3.05) is 0 Å². The molecule has 4 rings (SSSR count). The van der Waals surface area contributed by atoms with E-state index in [1.165, 1.54) is 51.4 Å². The second kappa shape index (κ2) is 7.26. The monoisotopic (exact) mass is 390 g/mol. The first-order valence-electron chi connectivity index (χ1n) is 12.4. The van der Waals surface area contributed by atoms with Gasteiger partial charge in [-0.15, -0.1) is 0 Å². The lowest BCUT2D eigenvalue weighted by molar-refractivity contribution is -0.129. The maximum Gasteiger partial charge on any atom is 0.0591 e. The third kappa shape index (κ3) is 3.49. The van der Waals surface area contributed by atoms with Gasteiger partial charge >= 0.3 is 0 Å². The zero-order valence-corrected chi connectivity index (χ0v) is 19.2. The first-order chi connectivity index (χ1) is 13.0. The molecule has 2 N–H and O–H groups in total. The largest absolute Gasteiger partial charge is 0.393 e. The molecule has 0 radical (unpaired) electrons. The van der Waals surface area contributed by atoms with Crippen LogP contribution in [-0.2, 0) is 0 Å². The van der Waals surface area contributed by atoms with Gasteiger partial charge in [0, 0.05) is 0 Å². The molecule has 4 aliphatic rings. The number of rotatable bonds is 4. The Morgan fingerprint density at radius 1 is 0.929 bits per heavy atom. The summed E-state index contributed by atoms with van der Waals surface area (Å²) in [5, 5.41) is 20.4. The molecule has 0 aliphatic heterocycles. The highest BCUT2D eigenvalue weighted by molar-refractivity contribution is 5.09. The van der Waals surface area contributed by atoms with Crippen molar-refractivity contribution in [2.24, 2.45) is 46.3 Å². The minimum absolute atomic E-state index is 0.0315. The zero-order chi connectivity index (χ0) is 20.3. The molecule has 0 aromatic carbocycles. The van der Waals surface area contributed by atoms with E-state index in [2.05, 4.69) is 20.8 Å². The topological polar surface area (TPSA) is 40.5 Å². The molecule has 162 valence electrons. The molecule has 28 heavy (non-hydrogen) atoms.